The highest BCUT2D eigenvalue weighted by Crippen LogP contribution is 2.22. The molecule has 0 aromatic carbocycles. The number of ether oxygens (including phenoxy) is 1. The highest BCUT2D eigenvalue weighted by molar-refractivity contribution is 8.22. The number of carbonyl (C=O) groups excluding carboxylic acids is 2. The van der Waals surface area contributed by atoms with Crippen molar-refractivity contribution in [2.45, 2.75) is 59.1 Å². The van der Waals surface area contributed by atoms with Crippen LogP contribution in [0.15, 0.2) is 0 Å². The van der Waals surface area contributed by atoms with Crippen LogP contribution in [0.5, 0.6) is 0 Å². The zero-order chi connectivity index (χ0) is 19.6. The number of halogens is 3. The van der Waals surface area contributed by atoms with Gasteiger partial charge >= 0.3 is 6.18 Å². The minimum atomic E-state index is -4.05. The fourth-order valence-corrected chi connectivity index (χ4v) is 1.41. The summed E-state index contributed by atoms with van der Waals surface area (Å²) >= 11 is 6.15. The first-order valence-electron chi connectivity index (χ1n) is 7.45. The molecular formula is C15H28F3NO3S2. The van der Waals surface area contributed by atoms with Gasteiger partial charge < -0.3 is 14.8 Å². The summed E-state index contributed by atoms with van der Waals surface area (Å²) in [6, 6.07) is 0. The molecule has 0 saturated heterocycles. The summed E-state index contributed by atoms with van der Waals surface area (Å²) in [4.78, 5) is 20.1. The lowest BCUT2D eigenvalue weighted by molar-refractivity contribution is -0.135. The molecular weight excluding hydrogens is 363 g/mol. The second-order valence-corrected chi connectivity index (χ2v) is 5.98. The molecule has 0 spiro atoms. The van der Waals surface area contributed by atoms with E-state index in [1.165, 1.54) is 25.6 Å². The van der Waals surface area contributed by atoms with Gasteiger partial charge in [0.05, 0.1) is 6.61 Å². The maximum absolute atomic E-state index is 11.6. The standard InChI is InChI=1S/C8H13F3O.C4H8OS2.C3H7NO/c1-7(12)5-3-2-4-6-8(9,10)11;1-3-5-4(6)7-2;1-3(5)4-2/h2-6H2,1H3;3H2,1-2H3;1-2H3,(H,4,5). The second-order valence-electron chi connectivity index (χ2n) is 4.57. The SMILES string of the molecule is CC(=O)CCCCCC(F)(F)F.CCOC(=S)SC.CNC(C)=O. The molecule has 24 heavy (non-hydrogen) atoms. The van der Waals surface area contributed by atoms with E-state index in [9.17, 15) is 22.8 Å². The van der Waals surface area contributed by atoms with Crippen molar-refractivity contribution >= 4 is 40.1 Å². The van der Waals surface area contributed by atoms with Crippen molar-refractivity contribution in [1.29, 1.82) is 0 Å². The Morgan fingerprint density at radius 2 is 1.67 bits per heavy atom. The zero-order valence-electron chi connectivity index (χ0n) is 14.9. The van der Waals surface area contributed by atoms with Crippen LogP contribution >= 0.6 is 24.0 Å². The third-order valence-corrected chi connectivity index (χ3v) is 3.34. The highest BCUT2D eigenvalue weighted by Gasteiger charge is 2.25. The maximum Gasteiger partial charge on any atom is 0.389 e. The van der Waals surface area contributed by atoms with Crippen LogP contribution in [0.1, 0.15) is 52.9 Å². The number of thioether (sulfide) groups is 1. The average Bonchev–Trinajstić information content (AvgIpc) is 2.46. The Kier molecular flexibility index (Phi) is 21.6. The molecule has 0 aromatic heterocycles. The van der Waals surface area contributed by atoms with Crippen molar-refractivity contribution in [2.75, 3.05) is 19.9 Å². The number of amides is 1. The number of unbranched alkanes of at least 4 members (excludes halogenated alkanes) is 2. The van der Waals surface area contributed by atoms with Crippen LogP contribution in [0, 0.1) is 0 Å². The molecule has 0 atom stereocenters. The number of alkyl halides is 3. The lowest BCUT2D eigenvalue weighted by Crippen LogP contribution is -2.11. The maximum atomic E-state index is 11.6. The molecule has 0 aliphatic carbocycles. The molecule has 0 bridgehead atoms. The van der Waals surface area contributed by atoms with Gasteiger partial charge in [0.25, 0.3) is 0 Å². The smallest absolute Gasteiger partial charge is 0.389 e. The summed E-state index contributed by atoms with van der Waals surface area (Å²) in [5.74, 6) is 0.0482. The largest absolute Gasteiger partial charge is 0.479 e. The van der Waals surface area contributed by atoms with Gasteiger partial charge in [-0.1, -0.05) is 18.2 Å². The lowest BCUT2D eigenvalue weighted by atomic mass is 10.1. The molecule has 0 unspecified atom stereocenters. The monoisotopic (exact) mass is 391 g/mol. The van der Waals surface area contributed by atoms with Gasteiger partial charge in [-0.05, 0) is 45.2 Å². The van der Waals surface area contributed by atoms with Crippen LogP contribution in [0.3, 0.4) is 0 Å². The predicted molar refractivity (Wildman–Crippen MR) is 97.3 cm³/mol. The van der Waals surface area contributed by atoms with E-state index in [1.54, 1.807) is 7.05 Å². The van der Waals surface area contributed by atoms with Crippen molar-refractivity contribution in [2.24, 2.45) is 0 Å². The van der Waals surface area contributed by atoms with Gasteiger partial charge in [-0.3, -0.25) is 4.79 Å². The molecule has 0 radical (unpaired) electrons. The van der Waals surface area contributed by atoms with Gasteiger partial charge in [0.2, 0.25) is 10.3 Å². The Morgan fingerprint density at radius 1 is 1.17 bits per heavy atom. The summed E-state index contributed by atoms with van der Waals surface area (Å²) in [6.07, 6.45) is -1.28. The van der Waals surface area contributed by atoms with Crippen molar-refractivity contribution in [3.8, 4) is 0 Å². The Hall–Kier alpha value is -0.830. The minimum absolute atomic E-state index is 0.00463. The van der Waals surface area contributed by atoms with Crippen LogP contribution in [0.25, 0.3) is 0 Å². The van der Waals surface area contributed by atoms with Crippen LogP contribution in [0.4, 0.5) is 13.2 Å². The number of thiocarbonyl (C=S) groups is 1. The molecule has 0 fully saturated rings. The Morgan fingerprint density at radius 3 is 1.92 bits per heavy atom. The van der Waals surface area contributed by atoms with E-state index in [4.69, 9.17) is 17.0 Å². The first-order chi connectivity index (χ1) is 11.0. The van der Waals surface area contributed by atoms with Crippen molar-refractivity contribution < 1.29 is 27.5 Å². The number of rotatable bonds is 6. The first-order valence-corrected chi connectivity index (χ1v) is 9.08. The number of Topliss-reactive ketones (excluding diaryl/α,β-unsaturated/α-hetero) is 1. The number of carbonyl (C=O) groups is 2. The highest BCUT2D eigenvalue weighted by atomic mass is 32.2. The summed E-state index contributed by atoms with van der Waals surface area (Å²) in [5.41, 5.74) is 0. The van der Waals surface area contributed by atoms with Gasteiger partial charge in [-0.15, -0.1) is 0 Å². The number of hydrogen-bond acceptors (Lipinski definition) is 5. The van der Waals surface area contributed by atoms with E-state index < -0.39 is 12.6 Å². The predicted octanol–water partition coefficient (Wildman–Crippen LogP) is 4.51. The summed E-state index contributed by atoms with van der Waals surface area (Å²) in [7, 11) is 1.60. The van der Waals surface area contributed by atoms with Gasteiger partial charge in [-0.2, -0.15) is 13.2 Å². The summed E-state index contributed by atoms with van der Waals surface area (Å²) < 4.78 is 40.2. The Balaban J connectivity index is -0.000000311. The van der Waals surface area contributed by atoms with Gasteiger partial charge in [0.15, 0.2) is 0 Å². The average molecular weight is 392 g/mol. The lowest BCUT2D eigenvalue weighted by Gasteiger charge is -2.04. The fraction of sp³-hybridized carbons (Fsp3) is 0.800. The molecule has 1 N–H and O–H groups in total. The van der Waals surface area contributed by atoms with Crippen molar-refractivity contribution in [3.05, 3.63) is 0 Å². The van der Waals surface area contributed by atoms with Gasteiger partial charge in [0, 0.05) is 26.8 Å². The minimum Gasteiger partial charge on any atom is -0.479 e. The molecule has 0 aliphatic rings. The summed E-state index contributed by atoms with van der Waals surface area (Å²) in [6.45, 7) is 5.52. The third-order valence-electron chi connectivity index (χ3n) is 2.27. The van der Waals surface area contributed by atoms with Crippen LogP contribution in [0.2, 0.25) is 0 Å². The molecule has 0 rings (SSSR count). The van der Waals surface area contributed by atoms with Crippen LogP contribution in [-0.4, -0.2) is 42.2 Å². The summed E-state index contributed by atoms with van der Waals surface area (Å²) in [5, 5.41) is 2.39. The van der Waals surface area contributed by atoms with E-state index >= 15 is 0 Å². The topological polar surface area (TPSA) is 55.4 Å². The third kappa shape index (κ3) is 37.4. The molecule has 9 heteroatoms. The molecule has 0 saturated carbocycles. The van der Waals surface area contributed by atoms with E-state index in [2.05, 4.69) is 5.32 Å². The molecule has 0 aromatic rings. The first kappa shape index (κ1) is 28.0. The molecule has 0 heterocycles. The molecule has 4 nitrogen and oxygen atoms in total. The van der Waals surface area contributed by atoms with Gasteiger partial charge in [0.1, 0.15) is 5.78 Å². The molecule has 0 aliphatic heterocycles. The van der Waals surface area contributed by atoms with E-state index in [-0.39, 0.29) is 18.1 Å². The number of nitrogens with one attached hydrogen (secondary N) is 1. The fourth-order valence-electron chi connectivity index (χ4n) is 1.05. The zero-order valence-corrected chi connectivity index (χ0v) is 16.6. The van der Waals surface area contributed by atoms with Gasteiger partial charge in [-0.25, -0.2) is 0 Å². The van der Waals surface area contributed by atoms with Crippen molar-refractivity contribution in [3.63, 3.8) is 0 Å². The number of hydrogen-bond donors (Lipinski definition) is 1. The Bertz CT molecular complexity index is 351. The van der Waals surface area contributed by atoms with E-state index in [0.29, 0.717) is 30.3 Å². The van der Waals surface area contributed by atoms with Crippen molar-refractivity contribution in [1.82, 2.24) is 5.32 Å². The van der Waals surface area contributed by atoms with E-state index in [0.717, 1.165) is 0 Å². The van der Waals surface area contributed by atoms with E-state index in [1.807, 2.05) is 13.2 Å². The Labute approximate surface area is 152 Å². The molecule has 144 valence electrons. The normalized spacial score (nSPS) is 9.67. The second kappa shape index (κ2) is 18.5. The van der Waals surface area contributed by atoms with Crippen LogP contribution < -0.4 is 5.32 Å². The quantitative estimate of drug-likeness (QED) is 0.533. The molecule has 1 amide bonds. The number of ketones is 1. The van der Waals surface area contributed by atoms with Crippen LogP contribution in [-0.2, 0) is 14.3 Å².